The molecule has 0 heterocycles. The van der Waals surface area contributed by atoms with Gasteiger partial charge in [0.25, 0.3) is 0 Å². The molecule has 0 aliphatic rings. The van der Waals surface area contributed by atoms with Gasteiger partial charge in [0, 0.05) is 19.4 Å². The molecule has 9 nitrogen and oxygen atoms in total. The van der Waals surface area contributed by atoms with Crippen molar-refractivity contribution in [3.8, 4) is 0 Å². The predicted octanol–water partition coefficient (Wildman–Crippen LogP) is 11.4. The van der Waals surface area contributed by atoms with E-state index in [2.05, 4.69) is 50.3 Å². The lowest BCUT2D eigenvalue weighted by Gasteiger charge is -2.19. The van der Waals surface area contributed by atoms with Crippen molar-refractivity contribution >= 4 is 19.8 Å². The lowest BCUT2D eigenvalue weighted by atomic mass is 10.1. The van der Waals surface area contributed by atoms with Crippen LogP contribution in [-0.4, -0.2) is 49.3 Å². The summed E-state index contributed by atoms with van der Waals surface area (Å²) in [7, 11) is -4.38. The van der Waals surface area contributed by atoms with Crippen molar-refractivity contribution < 1.29 is 37.6 Å². The highest BCUT2D eigenvalue weighted by molar-refractivity contribution is 7.47. The molecular formula is C41H76NO8P. The SMILES string of the molecule is CCCCCCCC/C=C/C/C=C/CCCCC(=O)O[C@H](COC(=O)CCCC/C=C/CCCCCCCCCCC)COP(=O)(O)OCCN. The highest BCUT2D eigenvalue weighted by atomic mass is 31.2. The molecule has 0 saturated carbocycles. The topological polar surface area (TPSA) is 134 Å². The monoisotopic (exact) mass is 742 g/mol. The number of phosphoric ester groups is 1. The van der Waals surface area contributed by atoms with Crippen molar-refractivity contribution in [2.75, 3.05) is 26.4 Å². The number of nitrogens with two attached hydrogens (primary N) is 1. The van der Waals surface area contributed by atoms with E-state index < -0.39 is 32.5 Å². The third-order valence-corrected chi connectivity index (χ3v) is 9.48. The molecule has 0 radical (unpaired) electrons. The van der Waals surface area contributed by atoms with Gasteiger partial charge in [-0.05, 0) is 70.6 Å². The Morgan fingerprint density at radius 3 is 1.51 bits per heavy atom. The maximum absolute atomic E-state index is 12.5. The van der Waals surface area contributed by atoms with Crippen molar-refractivity contribution in [3.05, 3.63) is 36.5 Å². The van der Waals surface area contributed by atoms with Crippen molar-refractivity contribution in [1.29, 1.82) is 0 Å². The van der Waals surface area contributed by atoms with Gasteiger partial charge in [-0.25, -0.2) is 4.57 Å². The summed E-state index contributed by atoms with van der Waals surface area (Å²) in [4.78, 5) is 34.7. The minimum Gasteiger partial charge on any atom is -0.462 e. The third-order valence-electron chi connectivity index (χ3n) is 8.50. The van der Waals surface area contributed by atoms with Crippen molar-refractivity contribution in [2.45, 2.75) is 187 Å². The first-order chi connectivity index (χ1) is 24.8. The third kappa shape index (κ3) is 37.8. The van der Waals surface area contributed by atoms with E-state index in [1.165, 1.54) is 96.3 Å². The molecule has 2 atom stereocenters. The molecule has 0 amide bonds. The van der Waals surface area contributed by atoms with Crippen LogP contribution in [0.3, 0.4) is 0 Å². The Kier molecular flexibility index (Phi) is 36.7. The maximum Gasteiger partial charge on any atom is 0.472 e. The molecule has 10 heteroatoms. The summed E-state index contributed by atoms with van der Waals surface area (Å²) in [5, 5.41) is 0. The molecule has 0 aromatic rings. The summed E-state index contributed by atoms with van der Waals surface area (Å²) in [6.45, 7) is 3.66. The average molecular weight is 742 g/mol. The Hall–Kier alpha value is -1.77. The number of hydrogen-bond donors (Lipinski definition) is 2. The number of esters is 2. The Morgan fingerprint density at radius 1 is 0.588 bits per heavy atom. The quantitative estimate of drug-likeness (QED) is 0.0274. The van der Waals surface area contributed by atoms with Gasteiger partial charge >= 0.3 is 19.8 Å². The Bertz CT molecular complexity index is 939. The number of carbonyl (C=O) groups is 2. The van der Waals surface area contributed by atoms with E-state index in [0.717, 1.165) is 44.9 Å². The van der Waals surface area contributed by atoms with Crippen LogP contribution in [-0.2, 0) is 32.7 Å². The first kappa shape index (κ1) is 49.2. The van der Waals surface area contributed by atoms with Crippen LogP contribution in [0, 0.1) is 0 Å². The minimum absolute atomic E-state index is 0.0458. The molecule has 0 aliphatic heterocycles. The largest absolute Gasteiger partial charge is 0.472 e. The summed E-state index contributed by atoms with van der Waals surface area (Å²) >= 11 is 0. The summed E-state index contributed by atoms with van der Waals surface area (Å²) in [6, 6.07) is 0. The number of rotatable bonds is 38. The summed E-state index contributed by atoms with van der Waals surface area (Å²) in [5.41, 5.74) is 5.33. The zero-order valence-corrected chi connectivity index (χ0v) is 33.5. The Labute approximate surface area is 312 Å². The highest BCUT2D eigenvalue weighted by Gasteiger charge is 2.25. The molecule has 0 aliphatic carbocycles. The number of carbonyl (C=O) groups excluding carboxylic acids is 2. The first-order valence-electron chi connectivity index (χ1n) is 20.5. The van der Waals surface area contributed by atoms with Gasteiger partial charge in [-0.3, -0.25) is 18.6 Å². The average Bonchev–Trinajstić information content (AvgIpc) is 3.11. The van der Waals surface area contributed by atoms with E-state index in [1.54, 1.807) is 0 Å². The van der Waals surface area contributed by atoms with Gasteiger partial charge in [0.2, 0.25) is 0 Å². The fourth-order valence-electron chi connectivity index (χ4n) is 5.42. The zero-order valence-electron chi connectivity index (χ0n) is 32.6. The Balaban J connectivity index is 4.27. The zero-order chi connectivity index (χ0) is 37.5. The van der Waals surface area contributed by atoms with Crippen LogP contribution in [0.4, 0.5) is 0 Å². The van der Waals surface area contributed by atoms with E-state index in [4.69, 9.17) is 24.3 Å². The summed E-state index contributed by atoms with van der Waals surface area (Å²) in [6.07, 6.45) is 40.4. The van der Waals surface area contributed by atoms with Gasteiger partial charge in [-0.2, -0.15) is 0 Å². The van der Waals surface area contributed by atoms with E-state index in [0.29, 0.717) is 12.8 Å². The van der Waals surface area contributed by atoms with Gasteiger partial charge in [0.05, 0.1) is 13.2 Å². The molecule has 0 saturated heterocycles. The molecule has 0 spiro atoms. The number of unbranched alkanes of at least 4 members (excludes halogenated alkanes) is 19. The minimum atomic E-state index is -4.38. The lowest BCUT2D eigenvalue weighted by molar-refractivity contribution is -0.161. The fraction of sp³-hybridized carbons (Fsp3) is 0.805. The van der Waals surface area contributed by atoms with Crippen LogP contribution in [0.5, 0.6) is 0 Å². The van der Waals surface area contributed by atoms with Crippen LogP contribution >= 0.6 is 7.82 Å². The van der Waals surface area contributed by atoms with Gasteiger partial charge in [-0.1, -0.05) is 134 Å². The number of ether oxygens (including phenoxy) is 2. The summed E-state index contributed by atoms with van der Waals surface area (Å²) < 4.78 is 32.6. The molecule has 0 fully saturated rings. The normalized spacial score (nSPS) is 13.7. The second-order valence-electron chi connectivity index (χ2n) is 13.5. The number of hydrogen-bond acceptors (Lipinski definition) is 8. The van der Waals surface area contributed by atoms with Gasteiger partial charge in [0.15, 0.2) is 6.10 Å². The Morgan fingerprint density at radius 2 is 1.02 bits per heavy atom. The van der Waals surface area contributed by atoms with Crippen LogP contribution in [0.15, 0.2) is 36.5 Å². The molecular weight excluding hydrogens is 665 g/mol. The molecule has 0 rings (SSSR count). The maximum atomic E-state index is 12.5. The standard InChI is InChI=1S/C41H76NO8P/c1-3-5-7-9-11-13-15-17-19-21-23-25-27-29-31-33-40(43)47-37-39(38-49-51(45,46)48-36-35-42)50-41(44)34-32-30-28-26-24-22-20-18-16-14-12-10-8-6-4-2/h18,20,23-26,39H,3-17,19,21-22,27-38,42H2,1-2H3,(H,45,46)/b20-18+,25-23+,26-24+/t39-/m1/s1. The van der Waals surface area contributed by atoms with Crippen molar-refractivity contribution in [1.82, 2.24) is 0 Å². The smallest absolute Gasteiger partial charge is 0.462 e. The van der Waals surface area contributed by atoms with E-state index in [1.807, 2.05) is 0 Å². The molecule has 0 bridgehead atoms. The van der Waals surface area contributed by atoms with E-state index in [-0.39, 0.29) is 32.6 Å². The molecule has 298 valence electrons. The van der Waals surface area contributed by atoms with Gasteiger partial charge < -0.3 is 20.1 Å². The molecule has 0 aromatic heterocycles. The highest BCUT2D eigenvalue weighted by Crippen LogP contribution is 2.43. The van der Waals surface area contributed by atoms with E-state index in [9.17, 15) is 19.0 Å². The lowest BCUT2D eigenvalue weighted by Crippen LogP contribution is -2.29. The first-order valence-corrected chi connectivity index (χ1v) is 22.0. The summed E-state index contributed by atoms with van der Waals surface area (Å²) in [5.74, 6) is -0.892. The predicted molar refractivity (Wildman–Crippen MR) is 210 cm³/mol. The molecule has 51 heavy (non-hydrogen) atoms. The van der Waals surface area contributed by atoms with Crippen molar-refractivity contribution in [2.24, 2.45) is 5.73 Å². The van der Waals surface area contributed by atoms with Crippen LogP contribution in [0.1, 0.15) is 181 Å². The molecule has 0 aromatic carbocycles. The number of phosphoric acid groups is 1. The van der Waals surface area contributed by atoms with Gasteiger partial charge in [-0.15, -0.1) is 0 Å². The van der Waals surface area contributed by atoms with Crippen LogP contribution in [0.25, 0.3) is 0 Å². The van der Waals surface area contributed by atoms with Crippen molar-refractivity contribution in [3.63, 3.8) is 0 Å². The second kappa shape index (κ2) is 38.0. The fourth-order valence-corrected chi connectivity index (χ4v) is 6.19. The molecule has 1 unspecified atom stereocenters. The number of allylic oxidation sites excluding steroid dienone is 6. The van der Waals surface area contributed by atoms with E-state index >= 15 is 0 Å². The van der Waals surface area contributed by atoms with Crippen LogP contribution < -0.4 is 5.73 Å². The molecule has 3 N–H and O–H groups in total. The second-order valence-corrected chi connectivity index (χ2v) is 14.9. The van der Waals surface area contributed by atoms with Crippen LogP contribution in [0.2, 0.25) is 0 Å². The van der Waals surface area contributed by atoms with Gasteiger partial charge in [0.1, 0.15) is 6.61 Å².